The molecule has 2 heterocycles. The topological polar surface area (TPSA) is 101 Å². The molecule has 0 fully saturated rings. The van der Waals surface area contributed by atoms with Gasteiger partial charge in [-0.15, -0.1) is 0 Å². The Hall–Kier alpha value is -3.22. The van der Waals surface area contributed by atoms with E-state index >= 15 is 0 Å². The average molecular weight is 323 g/mol. The van der Waals surface area contributed by atoms with Crippen molar-refractivity contribution in [3.05, 3.63) is 69.3 Å². The number of fused-ring (bicyclic) bond motifs is 1. The van der Waals surface area contributed by atoms with Gasteiger partial charge in [0.25, 0.3) is 5.69 Å². The fourth-order valence-electron chi connectivity index (χ4n) is 2.92. The molecular weight excluding hydrogens is 306 g/mol. The number of hydrogen-bond donors (Lipinski definition) is 2. The number of pyridine rings is 1. The van der Waals surface area contributed by atoms with Gasteiger partial charge < -0.3 is 4.57 Å². The summed E-state index contributed by atoms with van der Waals surface area (Å²) in [6.45, 7) is 4.08. The summed E-state index contributed by atoms with van der Waals surface area (Å²) in [5.41, 5.74) is 3.80. The maximum atomic E-state index is 10.9. The highest BCUT2D eigenvalue weighted by Crippen LogP contribution is 2.21. The second kappa shape index (κ2) is 5.77. The van der Waals surface area contributed by atoms with Crippen LogP contribution in [0.4, 0.5) is 5.69 Å². The van der Waals surface area contributed by atoms with Gasteiger partial charge in [-0.3, -0.25) is 25.5 Å². The number of nitro groups is 1. The van der Waals surface area contributed by atoms with E-state index in [1.807, 2.05) is 29.7 Å². The van der Waals surface area contributed by atoms with E-state index in [-0.39, 0.29) is 17.0 Å². The summed E-state index contributed by atoms with van der Waals surface area (Å²) >= 11 is 0. The molecule has 3 aromatic rings. The number of non-ortho nitro benzene ring substituents is 1. The van der Waals surface area contributed by atoms with Crippen LogP contribution in [0.3, 0.4) is 0 Å². The number of aromatic nitrogens is 2. The fourth-order valence-corrected chi connectivity index (χ4v) is 2.92. The Labute approximate surface area is 138 Å². The molecule has 7 nitrogen and oxygen atoms in total. The molecule has 0 saturated carbocycles. The molecule has 0 amide bonds. The van der Waals surface area contributed by atoms with Crippen molar-refractivity contribution in [1.82, 2.24) is 9.13 Å². The summed E-state index contributed by atoms with van der Waals surface area (Å²) in [5, 5.41) is 26.8. The molecule has 0 atom stereocenters. The molecule has 0 radical (unpaired) electrons. The minimum atomic E-state index is -0.400. The lowest BCUT2D eigenvalue weighted by atomic mass is 10.2. The maximum absolute atomic E-state index is 10.9. The van der Waals surface area contributed by atoms with Gasteiger partial charge in [-0.05, 0) is 37.6 Å². The molecule has 2 aromatic heterocycles. The first-order valence-electron chi connectivity index (χ1n) is 7.44. The third-order valence-electron chi connectivity index (χ3n) is 4.00. The largest absolute Gasteiger partial charge is 0.339 e. The highest BCUT2D eigenvalue weighted by atomic mass is 16.6. The van der Waals surface area contributed by atoms with Gasteiger partial charge in [0.1, 0.15) is 11.3 Å². The quantitative estimate of drug-likeness (QED) is 0.335. The Balaban J connectivity index is 2.14. The van der Waals surface area contributed by atoms with Gasteiger partial charge in [0.05, 0.1) is 16.0 Å². The molecule has 0 bridgehead atoms. The molecule has 7 heteroatoms. The number of nitrogens with zero attached hydrogens (tertiary/aromatic N) is 3. The van der Waals surface area contributed by atoms with Crippen LogP contribution in [0.25, 0.3) is 11.0 Å². The minimum absolute atomic E-state index is 0.0699. The van der Waals surface area contributed by atoms with Gasteiger partial charge in [-0.1, -0.05) is 12.1 Å². The van der Waals surface area contributed by atoms with Gasteiger partial charge in [0.2, 0.25) is 0 Å². The number of nitrogens with one attached hydrogen (secondary N) is 2. The predicted molar refractivity (Wildman–Crippen MR) is 91.5 cm³/mol. The van der Waals surface area contributed by atoms with Crippen LogP contribution in [0, 0.1) is 27.9 Å². The lowest BCUT2D eigenvalue weighted by Crippen LogP contribution is -2.24. The Morgan fingerprint density at radius 1 is 1.21 bits per heavy atom. The summed E-state index contributed by atoms with van der Waals surface area (Å²) in [5.74, 6) is 0.276. The van der Waals surface area contributed by atoms with Crippen molar-refractivity contribution in [2.75, 3.05) is 0 Å². The van der Waals surface area contributed by atoms with E-state index in [1.54, 1.807) is 29.7 Å². The number of hydrogen-bond acceptors (Lipinski definition) is 4. The standard InChI is InChI=1S/C17H17N5O2/c1-11-8-16-15(6-7-17(19)21(16)12(2)18)20(11)10-13-4-3-5-14(9-13)22(23)24/h3-9,18-19H,10H2,1-2H3. The Morgan fingerprint density at radius 2 is 1.96 bits per heavy atom. The zero-order valence-corrected chi connectivity index (χ0v) is 13.4. The molecule has 0 aliphatic carbocycles. The van der Waals surface area contributed by atoms with Gasteiger partial charge in [-0.2, -0.15) is 0 Å². The second-order valence-electron chi connectivity index (χ2n) is 5.71. The predicted octanol–water partition coefficient (Wildman–Crippen LogP) is 3.03. The molecule has 0 spiro atoms. The summed E-state index contributed by atoms with van der Waals surface area (Å²) in [4.78, 5) is 10.5. The number of nitro benzene ring substituents is 1. The molecule has 2 N–H and O–H groups in total. The van der Waals surface area contributed by atoms with Gasteiger partial charge >= 0.3 is 0 Å². The third-order valence-corrected chi connectivity index (χ3v) is 4.00. The molecule has 0 unspecified atom stereocenters. The zero-order valence-electron chi connectivity index (χ0n) is 13.4. The fraction of sp³-hybridized carbons (Fsp3) is 0.176. The van der Waals surface area contributed by atoms with Gasteiger partial charge in [-0.25, -0.2) is 0 Å². The van der Waals surface area contributed by atoms with Gasteiger partial charge in [0.15, 0.2) is 0 Å². The lowest BCUT2D eigenvalue weighted by Gasteiger charge is -2.10. The summed E-state index contributed by atoms with van der Waals surface area (Å²) in [7, 11) is 0. The maximum Gasteiger partial charge on any atom is 0.269 e. The smallest absolute Gasteiger partial charge is 0.269 e. The molecule has 24 heavy (non-hydrogen) atoms. The molecule has 0 saturated heterocycles. The lowest BCUT2D eigenvalue weighted by molar-refractivity contribution is -0.384. The van der Waals surface area contributed by atoms with E-state index in [1.165, 1.54) is 6.07 Å². The van der Waals surface area contributed by atoms with E-state index in [0.29, 0.717) is 6.54 Å². The first-order chi connectivity index (χ1) is 11.4. The molecule has 1 aromatic carbocycles. The van der Waals surface area contributed by atoms with E-state index < -0.39 is 4.92 Å². The van der Waals surface area contributed by atoms with Crippen molar-refractivity contribution in [2.24, 2.45) is 0 Å². The highest BCUT2D eigenvalue weighted by Gasteiger charge is 2.12. The first-order valence-corrected chi connectivity index (χ1v) is 7.44. The minimum Gasteiger partial charge on any atom is -0.339 e. The van der Waals surface area contributed by atoms with Crippen molar-refractivity contribution in [3.8, 4) is 0 Å². The Kier molecular flexibility index (Phi) is 3.76. The van der Waals surface area contributed by atoms with E-state index in [2.05, 4.69) is 0 Å². The van der Waals surface area contributed by atoms with Crippen molar-refractivity contribution in [3.63, 3.8) is 0 Å². The Morgan fingerprint density at radius 3 is 2.62 bits per heavy atom. The van der Waals surface area contributed by atoms with Crippen LogP contribution < -0.4 is 5.49 Å². The van der Waals surface area contributed by atoms with Crippen molar-refractivity contribution >= 4 is 22.6 Å². The molecular formula is C17H17N5O2. The number of benzene rings is 1. The summed E-state index contributed by atoms with van der Waals surface area (Å²) in [6.07, 6.45) is 0. The second-order valence-corrected chi connectivity index (χ2v) is 5.71. The molecule has 0 aliphatic rings. The zero-order chi connectivity index (χ0) is 17.4. The van der Waals surface area contributed by atoms with Crippen LogP contribution in [0.1, 0.15) is 18.2 Å². The molecule has 0 aliphatic heterocycles. The van der Waals surface area contributed by atoms with Crippen LogP contribution in [0.15, 0.2) is 42.5 Å². The van der Waals surface area contributed by atoms with Crippen molar-refractivity contribution in [2.45, 2.75) is 20.4 Å². The van der Waals surface area contributed by atoms with Crippen LogP contribution >= 0.6 is 0 Å². The van der Waals surface area contributed by atoms with Crippen LogP contribution in [0.2, 0.25) is 0 Å². The molecule has 3 rings (SSSR count). The average Bonchev–Trinajstić information content (AvgIpc) is 2.82. The third kappa shape index (κ3) is 2.60. The van der Waals surface area contributed by atoms with Crippen LogP contribution in [-0.4, -0.2) is 19.9 Å². The normalized spacial score (nSPS) is 10.9. The number of rotatable bonds is 3. The molecule has 122 valence electrons. The Bertz CT molecular complexity index is 1030. The van der Waals surface area contributed by atoms with Crippen LogP contribution in [-0.2, 0) is 6.54 Å². The summed E-state index contributed by atoms with van der Waals surface area (Å²) in [6, 6.07) is 12.0. The van der Waals surface area contributed by atoms with E-state index in [4.69, 9.17) is 10.8 Å². The first kappa shape index (κ1) is 15.7. The van der Waals surface area contributed by atoms with E-state index in [0.717, 1.165) is 22.3 Å². The van der Waals surface area contributed by atoms with Crippen LogP contribution in [0.5, 0.6) is 0 Å². The van der Waals surface area contributed by atoms with Gasteiger partial charge in [0, 0.05) is 24.4 Å². The monoisotopic (exact) mass is 323 g/mol. The van der Waals surface area contributed by atoms with Crippen molar-refractivity contribution in [1.29, 1.82) is 10.8 Å². The van der Waals surface area contributed by atoms with Crippen molar-refractivity contribution < 1.29 is 4.92 Å². The number of aryl methyl sites for hydroxylation is 1. The SMILES string of the molecule is CC(=N)n1c(=N)ccc2c1cc(C)n2Cc1cccc([N+](=O)[O-])c1. The van der Waals surface area contributed by atoms with E-state index in [9.17, 15) is 10.1 Å². The highest BCUT2D eigenvalue weighted by molar-refractivity contribution is 5.90. The summed E-state index contributed by atoms with van der Waals surface area (Å²) < 4.78 is 3.61.